The Balaban J connectivity index is 1.97. The van der Waals surface area contributed by atoms with Crippen molar-refractivity contribution in [2.75, 3.05) is 6.54 Å². The average molecular weight is 254 g/mol. The van der Waals surface area contributed by atoms with Crippen LogP contribution in [0.4, 0.5) is 8.78 Å². The molecule has 2 atom stereocenters. The molecule has 0 heterocycles. The standard InChI is InChI=1S/C13H16F2N2O/c14-9-4-5-11(15)10(6-9)13(18)17-7-8-2-1-3-12(8)16/h4-6,8,12H,1-3,7,16H2,(H,17,18). The summed E-state index contributed by atoms with van der Waals surface area (Å²) in [5, 5.41) is 2.61. The number of nitrogens with one attached hydrogen (secondary N) is 1. The SMILES string of the molecule is NC1CCCC1CNC(=O)c1cc(F)ccc1F. The fourth-order valence-corrected chi connectivity index (χ4v) is 2.31. The second-order valence-electron chi connectivity index (χ2n) is 4.69. The van der Waals surface area contributed by atoms with Gasteiger partial charge in [-0.15, -0.1) is 0 Å². The van der Waals surface area contributed by atoms with E-state index in [1.165, 1.54) is 0 Å². The topological polar surface area (TPSA) is 55.1 Å². The Morgan fingerprint density at radius 1 is 1.39 bits per heavy atom. The van der Waals surface area contributed by atoms with Gasteiger partial charge in [0.25, 0.3) is 5.91 Å². The summed E-state index contributed by atoms with van der Waals surface area (Å²) in [7, 11) is 0. The molecule has 1 saturated carbocycles. The lowest BCUT2D eigenvalue weighted by molar-refractivity contribution is 0.0942. The van der Waals surface area contributed by atoms with Crippen LogP contribution in [0.2, 0.25) is 0 Å². The van der Waals surface area contributed by atoms with Gasteiger partial charge in [-0.1, -0.05) is 6.42 Å². The molecule has 3 N–H and O–H groups in total. The third-order valence-electron chi connectivity index (χ3n) is 3.42. The van der Waals surface area contributed by atoms with Crippen molar-refractivity contribution in [3.05, 3.63) is 35.4 Å². The van der Waals surface area contributed by atoms with E-state index in [1.807, 2.05) is 0 Å². The van der Waals surface area contributed by atoms with Gasteiger partial charge in [0.1, 0.15) is 11.6 Å². The molecule has 1 aliphatic rings. The van der Waals surface area contributed by atoms with Crippen molar-refractivity contribution >= 4 is 5.91 Å². The maximum absolute atomic E-state index is 13.3. The first-order chi connectivity index (χ1) is 8.58. The second kappa shape index (κ2) is 5.44. The molecule has 1 fully saturated rings. The summed E-state index contributed by atoms with van der Waals surface area (Å²) in [6, 6.07) is 2.92. The summed E-state index contributed by atoms with van der Waals surface area (Å²) in [5.74, 6) is -1.71. The Labute approximate surface area is 104 Å². The number of carbonyl (C=O) groups is 1. The zero-order valence-corrected chi connectivity index (χ0v) is 9.96. The number of hydrogen-bond donors (Lipinski definition) is 2. The predicted octanol–water partition coefficient (Wildman–Crippen LogP) is 1.82. The minimum absolute atomic E-state index is 0.0858. The number of amides is 1. The quantitative estimate of drug-likeness (QED) is 0.864. The van der Waals surface area contributed by atoms with Crippen molar-refractivity contribution in [1.82, 2.24) is 5.32 Å². The maximum atomic E-state index is 13.3. The van der Waals surface area contributed by atoms with Crippen molar-refractivity contribution in [3.8, 4) is 0 Å². The van der Waals surface area contributed by atoms with Gasteiger partial charge in [0.15, 0.2) is 0 Å². The van der Waals surface area contributed by atoms with Gasteiger partial charge in [0.05, 0.1) is 5.56 Å². The van der Waals surface area contributed by atoms with Crippen LogP contribution in [0.15, 0.2) is 18.2 Å². The minimum atomic E-state index is -0.718. The van der Waals surface area contributed by atoms with E-state index < -0.39 is 17.5 Å². The molecular weight excluding hydrogens is 238 g/mol. The van der Waals surface area contributed by atoms with Crippen LogP contribution in [0.25, 0.3) is 0 Å². The lowest BCUT2D eigenvalue weighted by Crippen LogP contribution is -2.36. The van der Waals surface area contributed by atoms with Crippen molar-refractivity contribution in [1.29, 1.82) is 0 Å². The summed E-state index contributed by atoms with van der Waals surface area (Å²) in [6.45, 7) is 0.413. The molecule has 1 aliphatic carbocycles. The van der Waals surface area contributed by atoms with Crippen LogP contribution in [0, 0.1) is 17.6 Å². The fraction of sp³-hybridized carbons (Fsp3) is 0.462. The first-order valence-corrected chi connectivity index (χ1v) is 6.07. The summed E-state index contributed by atoms with van der Waals surface area (Å²) in [6.07, 6.45) is 2.97. The van der Waals surface area contributed by atoms with E-state index in [-0.39, 0.29) is 17.5 Å². The molecule has 18 heavy (non-hydrogen) atoms. The Hall–Kier alpha value is -1.49. The van der Waals surface area contributed by atoms with Gasteiger partial charge in [-0.2, -0.15) is 0 Å². The second-order valence-corrected chi connectivity index (χ2v) is 4.69. The first-order valence-electron chi connectivity index (χ1n) is 6.07. The van der Waals surface area contributed by atoms with Crippen LogP contribution in [0.1, 0.15) is 29.6 Å². The van der Waals surface area contributed by atoms with E-state index in [2.05, 4.69) is 5.32 Å². The van der Waals surface area contributed by atoms with Gasteiger partial charge in [-0.05, 0) is 37.0 Å². The Bertz CT molecular complexity index is 451. The molecule has 0 bridgehead atoms. The molecule has 0 aromatic heterocycles. The van der Waals surface area contributed by atoms with Crippen LogP contribution in [0.5, 0.6) is 0 Å². The molecule has 2 unspecified atom stereocenters. The number of hydrogen-bond acceptors (Lipinski definition) is 2. The molecule has 5 heteroatoms. The lowest BCUT2D eigenvalue weighted by Gasteiger charge is -2.16. The fourth-order valence-electron chi connectivity index (χ4n) is 2.31. The van der Waals surface area contributed by atoms with Gasteiger partial charge in [-0.25, -0.2) is 8.78 Å². The third kappa shape index (κ3) is 2.85. The van der Waals surface area contributed by atoms with Crippen LogP contribution in [-0.4, -0.2) is 18.5 Å². The zero-order chi connectivity index (χ0) is 13.1. The van der Waals surface area contributed by atoms with Crippen molar-refractivity contribution in [2.45, 2.75) is 25.3 Å². The monoisotopic (exact) mass is 254 g/mol. The van der Waals surface area contributed by atoms with Crippen molar-refractivity contribution in [2.24, 2.45) is 11.7 Å². The molecule has 3 nitrogen and oxygen atoms in total. The van der Waals surface area contributed by atoms with Crippen molar-refractivity contribution in [3.63, 3.8) is 0 Å². The highest BCUT2D eigenvalue weighted by Crippen LogP contribution is 2.23. The van der Waals surface area contributed by atoms with E-state index in [0.29, 0.717) is 6.54 Å². The molecule has 1 amide bonds. The van der Waals surface area contributed by atoms with Gasteiger partial charge < -0.3 is 11.1 Å². The Morgan fingerprint density at radius 3 is 2.83 bits per heavy atom. The molecule has 0 radical (unpaired) electrons. The zero-order valence-electron chi connectivity index (χ0n) is 9.96. The number of rotatable bonds is 3. The van der Waals surface area contributed by atoms with Crippen molar-refractivity contribution < 1.29 is 13.6 Å². The number of nitrogens with two attached hydrogens (primary N) is 1. The highest BCUT2D eigenvalue weighted by atomic mass is 19.1. The van der Waals surface area contributed by atoms with E-state index in [4.69, 9.17) is 5.73 Å². The predicted molar refractivity (Wildman–Crippen MR) is 64.0 cm³/mol. The Morgan fingerprint density at radius 2 is 2.17 bits per heavy atom. The Kier molecular flexibility index (Phi) is 3.91. The van der Waals surface area contributed by atoms with Crippen LogP contribution < -0.4 is 11.1 Å². The minimum Gasteiger partial charge on any atom is -0.352 e. The number of benzene rings is 1. The summed E-state index contributed by atoms with van der Waals surface area (Å²) >= 11 is 0. The third-order valence-corrected chi connectivity index (χ3v) is 3.42. The maximum Gasteiger partial charge on any atom is 0.254 e. The lowest BCUT2D eigenvalue weighted by atomic mass is 10.0. The molecule has 1 aromatic carbocycles. The molecule has 0 spiro atoms. The highest BCUT2D eigenvalue weighted by Gasteiger charge is 2.24. The molecule has 0 saturated heterocycles. The summed E-state index contributed by atoms with van der Waals surface area (Å²) in [5.41, 5.74) is 5.61. The van der Waals surface area contributed by atoms with E-state index in [9.17, 15) is 13.6 Å². The molecular formula is C13H16F2N2O. The largest absolute Gasteiger partial charge is 0.352 e. The highest BCUT2D eigenvalue weighted by molar-refractivity contribution is 5.94. The molecule has 2 rings (SSSR count). The summed E-state index contributed by atoms with van der Waals surface area (Å²) in [4.78, 5) is 11.7. The first kappa shape index (κ1) is 13.0. The van der Waals surface area contributed by atoms with Gasteiger partial charge in [0, 0.05) is 12.6 Å². The van der Waals surface area contributed by atoms with Gasteiger partial charge in [0.2, 0.25) is 0 Å². The van der Waals surface area contributed by atoms with Crippen LogP contribution in [-0.2, 0) is 0 Å². The van der Waals surface area contributed by atoms with E-state index in [0.717, 1.165) is 37.5 Å². The van der Waals surface area contributed by atoms with Crippen LogP contribution in [0.3, 0.4) is 0 Å². The van der Waals surface area contributed by atoms with Gasteiger partial charge in [-0.3, -0.25) is 4.79 Å². The number of carbonyl (C=O) groups excluding carboxylic acids is 1. The molecule has 1 aromatic rings. The smallest absolute Gasteiger partial charge is 0.254 e. The normalized spacial score (nSPS) is 23.1. The van der Waals surface area contributed by atoms with E-state index >= 15 is 0 Å². The van der Waals surface area contributed by atoms with E-state index in [1.54, 1.807) is 0 Å². The number of halogens is 2. The van der Waals surface area contributed by atoms with Gasteiger partial charge >= 0.3 is 0 Å². The molecule has 0 aliphatic heterocycles. The van der Waals surface area contributed by atoms with Crippen LogP contribution >= 0.6 is 0 Å². The summed E-state index contributed by atoms with van der Waals surface area (Å²) < 4.78 is 26.3. The average Bonchev–Trinajstić information content (AvgIpc) is 2.75. The molecule has 98 valence electrons.